The maximum atomic E-state index is 5.92. The van der Waals surface area contributed by atoms with Gasteiger partial charge in [0.1, 0.15) is 0 Å². The second-order valence-corrected chi connectivity index (χ2v) is 5.41. The van der Waals surface area contributed by atoms with Crippen molar-refractivity contribution >= 4 is 17.3 Å². The largest absolute Gasteiger partial charge is 0.398 e. The summed E-state index contributed by atoms with van der Waals surface area (Å²) in [6.07, 6.45) is 3.31. The van der Waals surface area contributed by atoms with Crippen LogP contribution in [-0.4, -0.2) is 30.2 Å². The number of halogens is 1. The van der Waals surface area contributed by atoms with Gasteiger partial charge in [-0.15, -0.1) is 0 Å². The van der Waals surface area contributed by atoms with Crippen LogP contribution in [0.15, 0.2) is 18.2 Å². The summed E-state index contributed by atoms with van der Waals surface area (Å²) < 4.78 is 5.82. The number of nitrogens with two attached hydrogens (primary N) is 1. The Hall–Kier alpha value is -0.770. The first-order chi connectivity index (χ1) is 8.20. The Morgan fingerprint density at radius 2 is 2.00 bits per heavy atom. The summed E-state index contributed by atoms with van der Waals surface area (Å²) in [6, 6.07) is 5.90. The minimum atomic E-state index is 0.443. The van der Waals surface area contributed by atoms with Gasteiger partial charge < -0.3 is 10.5 Å². The molecule has 2 bridgehead atoms. The van der Waals surface area contributed by atoms with E-state index in [1.165, 1.54) is 18.4 Å². The van der Waals surface area contributed by atoms with Crippen LogP contribution in [0, 0.1) is 0 Å². The van der Waals surface area contributed by atoms with Crippen molar-refractivity contribution < 1.29 is 4.74 Å². The molecule has 2 unspecified atom stereocenters. The van der Waals surface area contributed by atoms with Gasteiger partial charge in [0.15, 0.2) is 0 Å². The van der Waals surface area contributed by atoms with Gasteiger partial charge in [-0.25, -0.2) is 0 Å². The molecule has 92 valence electrons. The van der Waals surface area contributed by atoms with Crippen LogP contribution in [0.5, 0.6) is 0 Å². The predicted molar refractivity (Wildman–Crippen MR) is 69.0 cm³/mol. The summed E-state index contributed by atoms with van der Waals surface area (Å²) >= 11 is 5.92. The Kier molecular flexibility index (Phi) is 2.99. The lowest BCUT2D eigenvalue weighted by Gasteiger charge is -2.32. The molecule has 0 radical (unpaired) electrons. The van der Waals surface area contributed by atoms with E-state index >= 15 is 0 Å². The lowest BCUT2D eigenvalue weighted by molar-refractivity contribution is -0.0410. The highest BCUT2D eigenvalue weighted by Gasteiger charge is 2.33. The average molecular weight is 253 g/mol. The highest BCUT2D eigenvalue weighted by molar-refractivity contribution is 6.33. The number of rotatable bonds is 2. The predicted octanol–water partition coefficient (Wildman–Crippen LogP) is 2.29. The Morgan fingerprint density at radius 3 is 2.65 bits per heavy atom. The molecule has 2 atom stereocenters. The van der Waals surface area contributed by atoms with Crippen LogP contribution in [0.1, 0.15) is 18.4 Å². The Labute approximate surface area is 106 Å². The molecular weight excluding hydrogens is 236 g/mol. The molecule has 0 spiro atoms. The Morgan fingerprint density at radius 1 is 1.29 bits per heavy atom. The lowest BCUT2D eigenvalue weighted by Crippen LogP contribution is -2.41. The summed E-state index contributed by atoms with van der Waals surface area (Å²) in [5.41, 5.74) is 7.71. The van der Waals surface area contributed by atoms with Crippen molar-refractivity contribution in [1.29, 1.82) is 0 Å². The minimum Gasteiger partial charge on any atom is -0.398 e. The van der Waals surface area contributed by atoms with Gasteiger partial charge in [0.2, 0.25) is 0 Å². The van der Waals surface area contributed by atoms with Crippen molar-refractivity contribution in [3.8, 4) is 0 Å². The number of fused-ring (bicyclic) bond motifs is 2. The first kappa shape index (κ1) is 11.3. The molecule has 3 rings (SSSR count). The van der Waals surface area contributed by atoms with E-state index in [0.717, 1.165) is 19.6 Å². The fourth-order valence-electron chi connectivity index (χ4n) is 2.78. The number of anilines is 1. The molecule has 2 fully saturated rings. The monoisotopic (exact) mass is 252 g/mol. The van der Waals surface area contributed by atoms with Crippen molar-refractivity contribution in [2.75, 3.05) is 18.8 Å². The molecule has 1 aromatic rings. The van der Waals surface area contributed by atoms with Gasteiger partial charge in [0.25, 0.3) is 0 Å². The standard InChI is InChI=1S/C13H17ClN2O/c14-12-4-1-9(5-13(12)15)6-16-7-10-2-3-11(8-16)17-10/h1,4-5,10-11H,2-3,6-8,15H2. The van der Waals surface area contributed by atoms with E-state index in [4.69, 9.17) is 22.1 Å². The van der Waals surface area contributed by atoms with Crippen molar-refractivity contribution in [2.24, 2.45) is 0 Å². The zero-order valence-electron chi connectivity index (χ0n) is 9.73. The first-order valence-corrected chi connectivity index (χ1v) is 6.50. The van der Waals surface area contributed by atoms with Crippen LogP contribution in [-0.2, 0) is 11.3 Å². The van der Waals surface area contributed by atoms with Crippen LogP contribution in [0.25, 0.3) is 0 Å². The quantitative estimate of drug-likeness (QED) is 0.821. The fourth-order valence-corrected chi connectivity index (χ4v) is 2.90. The van der Waals surface area contributed by atoms with E-state index in [-0.39, 0.29) is 0 Å². The van der Waals surface area contributed by atoms with Gasteiger partial charge in [-0.05, 0) is 30.5 Å². The second kappa shape index (κ2) is 4.48. The van der Waals surface area contributed by atoms with Crippen LogP contribution in [0.3, 0.4) is 0 Å². The lowest BCUT2D eigenvalue weighted by atomic mass is 10.1. The summed E-state index contributed by atoms with van der Waals surface area (Å²) in [5, 5.41) is 0.635. The molecule has 2 saturated heterocycles. The zero-order valence-corrected chi connectivity index (χ0v) is 10.5. The van der Waals surface area contributed by atoms with Crippen molar-refractivity contribution in [3.05, 3.63) is 28.8 Å². The number of hydrogen-bond acceptors (Lipinski definition) is 3. The van der Waals surface area contributed by atoms with E-state index in [2.05, 4.69) is 11.0 Å². The summed E-state index contributed by atoms with van der Waals surface area (Å²) in [7, 11) is 0. The molecule has 1 aromatic carbocycles. The van der Waals surface area contributed by atoms with Gasteiger partial charge in [0.05, 0.1) is 22.9 Å². The van der Waals surface area contributed by atoms with E-state index in [1.807, 2.05) is 12.1 Å². The summed E-state index contributed by atoms with van der Waals surface area (Å²) in [6.45, 7) is 3.02. The number of benzene rings is 1. The highest BCUT2D eigenvalue weighted by atomic mass is 35.5. The normalized spacial score (nSPS) is 28.5. The third-order valence-corrected chi connectivity index (χ3v) is 3.93. The topological polar surface area (TPSA) is 38.5 Å². The van der Waals surface area contributed by atoms with E-state index in [0.29, 0.717) is 22.9 Å². The molecule has 2 aliphatic rings. The van der Waals surface area contributed by atoms with E-state index < -0.39 is 0 Å². The number of likely N-dealkylation sites (tertiary alicyclic amines) is 1. The number of ether oxygens (including phenoxy) is 1. The maximum Gasteiger partial charge on any atom is 0.0707 e. The van der Waals surface area contributed by atoms with Gasteiger partial charge in [-0.1, -0.05) is 17.7 Å². The zero-order chi connectivity index (χ0) is 11.8. The summed E-state index contributed by atoms with van der Waals surface area (Å²) in [4.78, 5) is 2.45. The third-order valence-electron chi connectivity index (χ3n) is 3.59. The van der Waals surface area contributed by atoms with Crippen LogP contribution >= 0.6 is 11.6 Å². The van der Waals surface area contributed by atoms with Gasteiger partial charge >= 0.3 is 0 Å². The molecule has 2 heterocycles. The average Bonchev–Trinajstić information content (AvgIpc) is 2.64. The smallest absolute Gasteiger partial charge is 0.0707 e. The number of hydrogen-bond donors (Lipinski definition) is 1. The van der Waals surface area contributed by atoms with E-state index in [1.54, 1.807) is 0 Å². The minimum absolute atomic E-state index is 0.443. The van der Waals surface area contributed by atoms with E-state index in [9.17, 15) is 0 Å². The first-order valence-electron chi connectivity index (χ1n) is 6.12. The molecule has 17 heavy (non-hydrogen) atoms. The molecular formula is C13H17ClN2O. The molecule has 2 N–H and O–H groups in total. The Bertz CT molecular complexity index is 412. The third kappa shape index (κ3) is 2.41. The van der Waals surface area contributed by atoms with Gasteiger partial charge in [-0.2, -0.15) is 0 Å². The number of nitrogens with zero attached hydrogens (tertiary/aromatic N) is 1. The van der Waals surface area contributed by atoms with Crippen LogP contribution < -0.4 is 5.73 Å². The second-order valence-electron chi connectivity index (χ2n) is 5.01. The van der Waals surface area contributed by atoms with Crippen molar-refractivity contribution in [2.45, 2.75) is 31.6 Å². The molecule has 0 aromatic heterocycles. The van der Waals surface area contributed by atoms with Gasteiger partial charge in [-0.3, -0.25) is 4.90 Å². The fraction of sp³-hybridized carbons (Fsp3) is 0.538. The molecule has 3 nitrogen and oxygen atoms in total. The molecule has 0 amide bonds. The van der Waals surface area contributed by atoms with Crippen molar-refractivity contribution in [1.82, 2.24) is 4.90 Å². The molecule has 0 aliphatic carbocycles. The van der Waals surface area contributed by atoms with Gasteiger partial charge in [0, 0.05) is 19.6 Å². The molecule has 4 heteroatoms. The molecule has 2 aliphatic heterocycles. The number of nitrogen functional groups attached to an aromatic ring is 1. The SMILES string of the molecule is Nc1cc(CN2CC3CCC(C2)O3)ccc1Cl. The highest BCUT2D eigenvalue weighted by Crippen LogP contribution is 2.28. The maximum absolute atomic E-state index is 5.92. The van der Waals surface area contributed by atoms with Crippen LogP contribution in [0.4, 0.5) is 5.69 Å². The molecule has 0 saturated carbocycles. The van der Waals surface area contributed by atoms with Crippen LogP contribution in [0.2, 0.25) is 5.02 Å². The van der Waals surface area contributed by atoms with Crippen molar-refractivity contribution in [3.63, 3.8) is 0 Å². The number of morpholine rings is 1. The summed E-state index contributed by atoms with van der Waals surface area (Å²) in [5.74, 6) is 0. The Balaban J connectivity index is 1.68.